The summed E-state index contributed by atoms with van der Waals surface area (Å²) in [5.74, 6) is 0.557. The number of amides is 1. The van der Waals surface area contributed by atoms with Crippen molar-refractivity contribution in [2.24, 2.45) is 0 Å². The van der Waals surface area contributed by atoms with Gasteiger partial charge in [0.2, 0.25) is 11.1 Å². The lowest BCUT2D eigenvalue weighted by atomic mass is 10.0. The molecule has 6 nitrogen and oxygen atoms in total. The molecule has 0 fully saturated rings. The van der Waals surface area contributed by atoms with E-state index in [1.807, 2.05) is 43.3 Å². The molecule has 0 aliphatic carbocycles. The van der Waals surface area contributed by atoms with Gasteiger partial charge in [-0.3, -0.25) is 4.79 Å². The van der Waals surface area contributed by atoms with Gasteiger partial charge in [-0.05, 0) is 52.6 Å². The van der Waals surface area contributed by atoms with Gasteiger partial charge in [-0.25, -0.2) is 0 Å². The highest BCUT2D eigenvalue weighted by Gasteiger charge is 2.15. The summed E-state index contributed by atoms with van der Waals surface area (Å²) in [7, 11) is 0. The number of thioether (sulfide) groups is 1. The van der Waals surface area contributed by atoms with Crippen LogP contribution in [0.25, 0.3) is 5.69 Å². The maximum Gasteiger partial charge on any atom is 0.230 e. The fourth-order valence-corrected chi connectivity index (χ4v) is 3.75. The Balaban J connectivity index is 1.62. The molecule has 1 atom stereocenters. The van der Waals surface area contributed by atoms with Gasteiger partial charge in [0.1, 0.15) is 0 Å². The third kappa shape index (κ3) is 4.91. The Bertz CT molecular complexity index is 942. The number of halogens is 1. The summed E-state index contributed by atoms with van der Waals surface area (Å²) in [6.45, 7) is 6.20. The van der Waals surface area contributed by atoms with Gasteiger partial charge in [-0.2, -0.15) is 4.68 Å². The molecule has 1 heterocycles. The molecule has 0 spiro atoms. The molecule has 0 aliphatic heterocycles. The second kappa shape index (κ2) is 9.21. The van der Waals surface area contributed by atoms with Gasteiger partial charge in [0, 0.05) is 5.02 Å². The summed E-state index contributed by atoms with van der Waals surface area (Å²) in [5, 5.41) is 16.0. The van der Waals surface area contributed by atoms with E-state index in [1.54, 1.807) is 4.68 Å². The molecule has 8 heteroatoms. The van der Waals surface area contributed by atoms with Crippen LogP contribution in [0.2, 0.25) is 5.02 Å². The summed E-state index contributed by atoms with van der Waals surface area (Å²) in [6, 6.07) is 15.4. The summed E-state index contributed by atoms with van der Waals surface area (Å²) in [6.07, 6.45) is 0. The van der Waals surface area contributed by atoms with Crippen LogP contribution in [0.4, 0.5) is 0 Å². The topological polar surface area (TPSA) is 72.7 Å². The quantitative estimate of drug-likeness (QED) is 0.578. The first-order valence-corrected chi connectivity index (χ1v) is 10.4. The Labute approximate surface area is 173 Å². The van der Waals surface area contributed by atoms with E-state index in [0.717, 1.165) is 11.3 Å². The third-order valence-corrected chi connectivity index (χ3v) is 5.59. The van der Waals surface area contributed by atoms with Crippen molar-refractivity contribution in [2.75, 3.05) is 5.75 Å². The molecule has 1 aromatic heterocycles. The van der Waals surface area contributed by atoms with Crippen LogP contribution in [0.5, 0.6) is 0 Å². The van der Waals surface area contributed by atoms with Crippen molar-refractivity contribution in [3.05, 3.63) is 64.7 Å². The van der Waals surface area contributed by atoms with E-state index in [0.29, 0.717) is 16.1 Å². The minimum Gasteiger partial charge on any atom is -0.349 e. The summed E-state index contributed by atoms with van der Waals surface area (Å²) < 4.78 is 1.64. The third-order valence-electron chi connectivity index (χ3n) is 4.33. The van der Waals surface area contributed by atoms with Crippen molar-refractivity contribution in [1.82, 2.24) is 25.5 Å². The van der Waals surface area contributed by atoms with Crippen molar-refractivity contribution in [3.63, 3.8) is 0 Å². The van der Waals surface area contributed by atoms with E-state index in [9.17, 15) is 4.79 Å². The minimum absolute atomic E-state index is 0.109. The monoisotopic (exact) mass is 415 g/mol. The predicted octanol–water partition coefficient (Wildman–Crippen LogP) is 4.41. The van der Waals surface area contributed by atoms with Gasteiger partial charge < -0.3 is 5.32 Å². The fourth-order valence-electron chi connectivity index (χ4n) is 2.75. The van der Waals surface area contributed by atoms with Crippen LogP contribution >= 0.6 is 23.4 Å². The van der Waals surface area contributed by atoms with Crippen LogP contribution in [0, 0.1) is 0 Å². The van der Waals surface area contributed by atoms with Gasteiger partial charge in [-0.15, -0.1) is 5.10 Å². The predicted molar refractivity (Wildman–Crippen MR) is 112 cm³/mol. The zero-order valence-corrected chi connectivity index (χ0v) is 17.5. The number of carbonyl (C=O) groups excluding carboxylic acids is 1. The lowest BCUT2D eigenvalue weighted by Gasteiger charge is -2.15. The van der Waals surface area contributed by atoms with Crippen molar-refractivity contribution in [3.8, 4) is 5.69 Å². The molecule has 0 bridgehead atoms. The summed E-state index contributed by atoms with van der Waals surface area (Å²) >= 11 is 7.48. The number of nitrogens with one attached hydrogen (secondary N) is 1. The molecule has 3 rings (SSSR count). The maximum absolute atomic E-state index is 12.3. The highest BCUT2D eigenvalue weighted by atomic mass is 35.5. The fraction of sp³-hybridized carbons (Fsp3) is 0.300. The van der Waals surface area contributed by atoms with E-state index >= 15 is 0 Å². The normalized spacial score (nSPS) is 12.2. The number of nitrogens with zero attached hydrogens (tertiary/aromatic N) is 4. The standard InChI is InChI=1S/C20H22ClN5OS/c1-13(2)15-8-10-16(11-9-15)26-20(23-24-25-26)28-12-19(27)22-14(3)17-6-4-5-7-18(17)21/h4-11,13-14H,12H2,1-3H3,(H,22,27)/t14-/m0/s1. The first kappa shape index (κ1) is 20.4. The van der Waals surface area contributed by atoms with Gasteiger partial charge in [0.15, 0.2) is 0 Å². The first-order valence-electron chi connectivity index (χ1n) is 9.01. The van der Waals surface area contributed by atoms with E-state index in [4.69, 9.17) is 11.6 Å². The summed E-state index contributed by atoms with van der Waals surface area (Å²) in [4.78, 5) is 12.3. The molecular formula is C20H22ClN5OS. The van der Waals surface area contributed by atoms with Crippen molar-refractivity contribution in [2.45, 2.75) is 37.9 Å². The Morgan fingerprint density at radius 1 is 1.14 bits per heavy atom. The molecule has 0 saturated carbocycles. The van der Waals surface area contributed by atoms with Crippen LogP contribution in [-0.4, -0.2) is 31.9 Å². The average molecular weight is 416 g/mol. The minimum atomic E-state index is -0.179. The van der Waals surface area contributed by atoms with Gasteiger partial charge in [0.25, 0.3) is 0 Å². The van der Waals surface area contributed by atoms with E-state index in [-0.39, 0.29) is 17.7 Å². The molecular weight excluding hydrogens is 394 g/mol. The molecule has 2 aromatic carbocycles. The highest BCUT2D eigenvalue weighted by molar-refractivity contribution is 7.99. The highest BCUT2D eigenvalue weighted by Crippen LogP contribution is 2.23. The number of hydrogen-bond donors (Lipinski definition) is 1. The molecule has 0 saturated heterocycles. The number of rotatable bonds is 7. The van der Waals surface area contributed by atoms with E-state index in [1.165, 1.54) is 17.3 Å². The van der Waals surface area contributed by atoms with E-state index < -0.39 is 0 Å². The largest absolute Gasteiger partial charge is 0.349 e. The van der Waals surface area contributed by atoms with Crippen molar-refractivity contribution < 1.29 is 4.79 Å². The van der Waals surface area contributed by atoms with Crippen LogP contribution in [-0.2, 0) is 4.79 Å². The van der Waals surface area contributed by atoms with Crippen molar-refractivity contribution >= 4 is 29.3 Å². The first-order chi connectivity index (χ1) is 13.5. The SMILES string of the molecule is CC(C)c1ccc(-n2nnnc2SCC(=O)N[C@@H](C)c2ccccc2Cl)cc1. The Morgan fingerprint density at radius 2 is 1.86 bits per heavy atom. The van der Waals surface area contributed by atoms with Gasteiger partial charge in [-0.1, -0.05) is 67.5 Å². The zero-order valence-electron chi connectivity index (χ0n) is 16.0. The molecule has 0 aliphatic rings. The zero-order chi connectivity index (χ0) is 20.1. The molecule has 1 amide bonds. The van der Waals surface area contributed by atoms with Crippen LogP contribution in [0.15, 0.2) is 53.7 Å². The number of tetrazole rings is 1. The number of aromatic nitrogens is 4. The lowest BCUT2D eigenvalue weighted by molar-refractivity contribution is -0.119. The van der Waals surface area contributed by atoms with Gasteiger partial charge in [0.05, 0.1) is 17.5 Å². The lowest BCUT2D eigenvalue weighted by Crippen LogP contribution is -2.28. The average Bonchev–Trinajstić information content (AvgIpc) is 3.15. The molecule has 0 unspecified atom stereocenters. The van der Waals surface area contributed by atoms with Crippen LogP contribution in [0.1, 0.15) is 43.9 Å². The summed E-state index contributed by atoms with van der Waals surface area (Å²) in [5.41, 5.74) is 3.00. The van der Waals surface area contributed by atoms with Crippen LogP contribution in [0.3, 0.4) is 0 Å². The molecule has 1 N–H and O–H groups in total. The number of hydrogen-bond acceptors (Lipinski definition) is 5. The number of benzene rings is 2. The van der Waals surface area contributed by atoms with E-state index in [2.05, 4.69) is 46.8 Å². The second-order valence-corrected chi connectivity index (χ2v) is 8.07. The van der Waals surface area contributed by atoms with Crippen molar-refractivity contribution in [1.29, 1.82) is 0 Å². The van der Waals surface area contributed by atoms with Gasteiger partial charge >= 0.3 is 0 Å². The second-order valence-electron chi connectivity index (χ2n) is 6.72. The Hall–Kier alpha value is -2.38. The Kier molecular flexibility index (Phi) is 6.70. The molecule has 0 radical (unpaired) electrons. The smallest absolute Gasteiger partial charge is 0.230 e. The Morgan fingerprint density at radius 3 is 2.54 bits per heavy atom. The molecule has 28 heavy (non-hydrogen) atoms. The maximum atomic E-state index is 12.3. The van der Waals surface area contributed by atoms with Crippen LogP contribution < -0.4 is 5.32 Å². The molecule has 146 valence electrons. The number of carbonyl (C=O) groups is 1. The molecule has 3 aromatic rings.